The monoisotopic (exact) mass is 314 g/mol. The molecule has 0 bridgehead atoms. The fourth-order valence-corrected chi connectivity index (χ4v) is 2.83. The Morgan fingerprint density at radius 1 is 1.14 bits per heavy atom. The van der Waals surface area contributed by atoms with Gasteiger partial charge in [-0.25, -0.2) is 17.2 Å². The normalized spacial score (nSPS) is 11.2. The molecule has 2 aromatic carbocycles. The lowest BCUT2D eigenvalue weighted by Crippen LogP contribution is -2.15. The molecule has 0 radical (unpaired) electrons. The topological polar surface area (TPSA) is 81.4 Å². The maximum absolute atomic E-state index is 13.5. The minimum Gasteiger partial charge on any atom is -0.495 e. The number of halogens is 2. The number of nitrogens with two attached hydrogens (primary N) is 1. The number of benzene rings is 2. The number of nitrogen functional groups attached to an aromatic ring is 1. The molecule has 0 aliphatic heterocycles. The second-order valence-corrected chi connectivity index (χ2v) is 5.79. The van der Waals surface area contributed by atoms with E-state index in [1.54, 1.807) is 0 Å². The van der Waals surface area contributed by atoms with Crippen LogP contribution >= 0.6 is 0 Å². The highest BCUT2D eigenvalue weighted by Gasteiger charge is 2.20. The van der Waals surface area contributed by atoms with Crippen LogP contribution in [0.15, 0.2) is 41.3 Å². The van der Waals surface area contributed by atoms with Gasteiger partial charge in [0.05, 0.1) is 18.5 Å². The first-order valence-corrected chi connectivity index (χ1v) is 7.23. The van der Waals surface area contributed by atoms with Crippen LogP contribution in [0.3, 0.4) is 0 Å². The molecule has 5 nitrogen and oxygen atoms in total. The summed E-state index contributed by atoms with van der Waals surface area (Å²) < 4.78 is 57.8. The van der Waals surface area contributed by atoms with E-state index >= 15 is 0 Å². The summed E-state index contributed by atoms with van der Waals surface area (Å²) in [4.78, 5) is -0.781. The molecule has 21 heavy (non-hydrogen) atoms. The molecule has 3 N–H and O–H groups in total. The molecule has 0 heterocycles. The number of methoxy groups -OCH3 is 1. The van der Waals surface area contributed by atoms with Crippen molar-refractivity contribution in [1.29, 1.82) is 0 Å². The van der Waals surface area contributed by atoms with Crippen molar-refractivity contribution in [2.24, 2.45) is 0 Å². The highest BCUT2D eigenvalue weighted by Crippen LogP contribution is 2.26. The van der Waals surface area contributed by atoms with Gasteiger partial charge in [0, 0.05) is 0 Å². The van der Waals surface area contributed by atoms with Crippen molar-refractivity contribution < 1.29 is 21.9 Å². The van der Waals surface area contributed by atoms with Crippen LogP contribution in [0.4, 0.5) is 20.2 Å². The highest BCUT2D eigenvalue weighted by molar-refractivity contribution is 7.92. The van der Waals surface area contributed by atoms with E-state index in [0.717, 1.165) is 12.1 Å². The molecule has 0 aliphatic rings. The zero-order chi connectivity index (χ0) is 15.6. The van der Waals surface area contributed by atoms with Crippen molar-refractivity contribution in [2.75, 3.05) is 17.6 Å². The van der Waals surface area contributed by atoms with E-state index in [1.165, 1.54) is 25.3 Å². The van der Waals surface area contributed by atoms with E-state index < -0.39 is 26.6 Å². The molecule has 2 rings (SSSR count). The Kier molecular flexibility index (Phi) is 3.99. The first-order valence-electron chi connectivity index (χ1n) is 5.75. The van der Waals surface area contributed by atoms with Gasteiger partial charge in [-0.05, 0) is 36.4 Å². The smallest absolute Gasteiger partial charge is 0.264 e. The van der Waals surface area contributed by atoms with Crippen LogP contribution in [0, 0.1) is 11.6 Å². The highest BCUT2D eigenvalue weighted by atomic mass is 32.2. The summed E-state index contributed by atoms with van der Waals surface area (Å²) in [5.74, 6) is -1.54. The predicted octanol–water partition coefficient (Wildman–Crippen LogP) is 2.36. The maximum atomic E-state index is 13.5. The molecule has 8 heteroatoms. The van der Waals surface area contributed by atoms with E-state index in [2.05, 4.69) is 4.72 Å². The standard InChI is InChI=1S/C13H12F2N2O3S/c1-20-12-5-3-9(7-11(12)16)17-21(18,19)13-6-8(14)2-4-10(13)15/h2-7,17H,16H2,1H3. The number of hydrogen-bond acceptors (Lipinski definition) is 4. The molecule has 0 aliphatic carbocycles. The summed E-state index contributed by atoms with van der Waals surface area (Å²) in [5.41, 5.74) is 5.96. The van der Waals surface area contributed by atoms with Crippen molar-refractivity contribution in [3.05, 3.63) is 48.0 Å². The van der Waals surface area contributed by atoms with E-state index in [0.29, 0.717) is 11.8 Å². The number of sulfonamides is 1. The largest absolute Gasteiger partial charge is 0.495 e. The number of nitrogens with one attached hydrogen (secondary N) is 1. The third kappa shape index (κ3) is 3.22. The zero-order valence-corrected chi connectivity index (χ0v) is 11.7. The minimum absolute atomic E-state index is 0.108. The number of hydrogen-bond donors (Lipinski definition) is 2. The molecule has 2 aromatic rings. The van der Waals surface area contributed by atoms with Crippen LogP contribution in [-0.2, 0) is 10.0 Å². The van der Waals surface area contributed by atoms with Gasteiger partial charge in [-0.2, -0.15) is 0 Å². The second kappa shape index (κ2) is 5.57. The molecule has 0 atom stereocenters. The lowest BCUT2D eigenvalue weighted by Gasteiger charge is -2.11. The van der Waals surface area contributed by atoms with E-state index in [4.69, 9.17) is 10.5 Å². The van der Waals surface area contributed by atoms with Gasteiger partial charge < -0.3 is 10.5 Å². The van der Waals surface area contributed by atoms with Crippen molar-refractivity contribution in [3.8, 4) is 5.75 Å². The summed E-state index contributed by atoms with van der Waals surface area (Å²) in [7, 11) is -2.85. The number of anilines is 2. The Labute approximate surface area is 120 Å². The first kappa shape index (κ1) is 15.0. The second-order valence-electron chi connectivity index (χ2n) is 4.14. The summed E-state index contributed by atoms with van der Waals surface area (Å²) in [6.45, 7) is 0. The summed E-state index contributed by atoms with van der Waals surface area (Å²) >= 11 is 0. The molecule has 0 fully saturated rings. The van der Waals surface area contributed by atoms with Crippen molar-refractivity contribution in [1.82, 2.24) is 0 Å². The van der Waals surface area contributed by atoms with Gasteiger partial charge >= 0.3 is 0 Å². The Hall–Kier alpha value is -2.35. The molecule has 0 unspecified atom stereocenters. The molecule has 0 aromatic heterocycles. The molecule has 0 saturated carbocycles. The molecule has 0 saturated heterocycles. The Bertz CT molecular complexity index is 779. The van der Waals surface area contributed by atoms with Gasteiger partial charge in [0.15, 0.2) is 0 Å². The Morgan fingerprint density at radius 2 is 1.86 bits per heavy atom. The van der Waals surface area contributed by atoms with Gasteiger partial charge in [-0.15, -0.1) is 0 Å². The van der Waals surface area contributed by atoms with Gasteiger partial charge in [0.1, 0.15) is 22.3 Å². The van der Waals surface area contributed by atoms with Crippen LogP contribution in [-0.4, -0.2) is 15.5 Å². The quantitative estimate of drug-likeness (QED) is 0.849. The third-order valence-corrected chi connectivity index (χ3v) is 4.06. The van der Waals surface area contributed by atoms with Crippen LogP contribution in [0.2, 0.25) is 0 Å². The lowest BCUT2D eigenvalue weighted by molar-refractivity contribution is 0.417. The van der Waals surface area contributed by atoms with Crippen molar-refractivity contribution in [2.45, 2.75) is 4.90 Å². The molecular weight excluding hydrogens is 302 g/mol. The van der Waals surface area contributed by atoms with Gasteiger partial charge in [0.25, 0.3) is 10.0 Å². The summed E-state index contributed by atoms with van der Waals surface area (Å²) in [6, 6.07) is 6.34. The minimum atomic E-state index is -4.26. The van der Waals surface area contributed by atoms with E-state index in [-0.39, 0.29) is 11.4 Å². The van der Waals surface area contributed by atoms with Crippen molar-refractivity contribution in [3.63, 3.8) is 0 Å². The predicted molar refractivity (Wildman–Crippen MR) is 74.6 cm³/mol. The lowest BCUT2D eigenvalue weighted by atomic mass is 10.2. The Morgan fingerprint density at radius 3 is 2.48 bits per heavy atom. The fourth-order valence-electron chi connectivity index (χ4n) is 1.69. The average Bonchev–Trinajstić information content (AvgIpc) is 2.41. The molecule has 0 spiro atoms. The van der Waals surface area contributed by atoms with Crippen LogP contribution in [0.5, 0.6) is 5.75 Å². The maximum Gasteiger partial charge on any atom is 0.264 e. The van der Waals surface area contributed by atoms with E-state index in [9.17, 15) is 17.2 Å². The third-order valence-electron chi connectivity index (χ3n) is 2.66. The fraction of sp³-hybridized carbons (Fsp3) is 0.0769. The van der Waals surface area contributed by atoms with Gasteiger partial charge in [0.2, 0.25) is 0 Å². The Balaban J connectivity index is 2.37. The zero-order valence-electron chi connectivity index (χ0n) is 10.9. The first-order chi connectivity index (χ1) is 9.83. The number of rotatable bonds is 4. The van der Waals surface area contributed by atoms with E-state index in [1.807, 2.05) is 0 Å². The SMILES string of the molecule is COc1ccc(NS(=O)(=O)c2cc(F)ccc2F)cc1N. The summed E-state index contributed by atoms with van der Waals surface area (Å²) in [5, 5.41) is 0. The summed E-state index contributed by atoms with van der Waals surface area (Å²) in [6.07, 6.45) is 0. The molecule has 0 amide bonds. The van der Waals surface area contributed by atoms with Crippen molar-refractivity contribution >= 4 is 21.4 Å². The van der Waals surface area contributed by atoms with Gasteiger partial charge in [-0.3, -0.25) is 4.72 Å². The molecule has 112 valence electrons. The average molecular weight is 314 g/mol. The van der Waals surface area contributed by atoms with Crippen LogP contribution < -0.4 is 15.2 Å². The molecular formula is C13H12F2N2O3S. The number of ether oxygens (including phenoxy) is 1. The van der Waals surface area contributed by atoms with Crippen LogP contribution in [0.25, 0.3) is 0 Å². The van der Waals surface area contributed by atoms with Crippen LogP contribution in [0.1, 0.15) is 0 Å². The van der Waals surface area contributed by atoms with Gasteiger partial charge in [-0.1, -0.05) is 0 Å².